The van der Waals surface area contributed by atoms with Crippen molar-refractivity contribution >= 4 is 28.8 Å². The molecule has 1 unspecified atom stereocenters. The van der Waals surface area contributed by atoms with Crippen LogP contribution >= 0.6 is 0 Å². The van der Waals surface area contributed by atoms with E-state index < -0.39 is 28.4 Å². The first-order chi connectivity index (χ1) is 17.3. The third-order valence-electron chi connectivity index (χ3n) is 5.72. The van der Waals surface area contributed by atoms with Gasteiger partial charge in [-0.1, -0.05) is 19.1 Å². The number of benzene rings is 3. The molecule has 1 heterocycles. The number of hydrogen-bond donors (Lipinski definition) is 1. The molecule has 4 rings (SSSR count). The van der Waals surface area contributed by atoms with Crippen LogP contribution in [0.4, 0.5) is 11.4 Å². The van der Waals surface area contributed by atoms with Gasteiger partial charge in [-0.15, -0.1) is 0 Å². The lowest BCUT2D eigenvalue weighted by Gasteiger charge is -2.26. The van der Waals surface area contributed by atoms with Crippen molar-refractivity contribution in [1.29, 1.82) is 5.26 Å². The van der Waals surface area contributed by atoms with Crippen molar-refractivity contribution in [3.05, 3.63) is 105 Å². The Morgan fingerprint density at radius 3 is 2.42 bits per heavy atom. The van der Waals surface area contributed by atoms with Crippen molar-refractivity contribution in [2.75, 3.05) is 11.5 Å². The normalized spacial score (nSPS) is 16.6. The highest BCUT2D eigenvalue weighted by Gasteiger charge is 2.47. The van der Waals surface area contributed by atoms with E-state index in [1.807, 2.05) is 13.0 Å². The van der Waals surface area contributed by atoms with Crippen LogP contribution in [0.15, 0.2) is 78.4 Å². The second kappa shape index (κ2) is 10.1. The molecular formula is C27H21N3O6. The maximum atomic E-state index is 13.2. The minimum atomic E-state index is -1.00. The summed E-state index contributed by atoms with van der Waals surface area (Å²) < 4.78 is 5.73. The van der Waals surface area contributed by atoms with Gasteiger partial charge < -0.3 is 9.84 Å². The van der Waals surface area contributed by atoms with E-state index in [0.29, 0.717) is 29.2 Å². The van der Waals surface area contributed by atoms with E-state index in [1.54, 1.807) is 36.4 Å². The van der Waals surface area contributed by atoms with Crippen LogP contribution in [0.3, 0.4) is 0 Å². The van der Waals surface area contributed by atoms with E-state index in [1.165, 1.54) is 41.3 Å². The smallest absolute Gasteiger partial charge is 0.300 e. The fraction of sp³-hybridized carbons (Fsp3) is 0.148. The minimum Gasteiger partial charge on any atom is -0.507 e. The standard InChI is InChI=1S/C27H21N3O6/c1-2-14-36-22-5-3-4-19(15-22)24-23(25(31)18-8-12-21(13-9-18)30(34)35)26(32)27(33)29(24)20-10-6-17(16-28)7-11-20/h3-13,15,24,31H,2,14H2,1H3/b25-23+. The highest BCUT2D eigenvalue weighted by Crippen LogP contribution is 2.43. The molecule has 0 bridgehead atoms. The van der Waals surface area contributed by atoms with Crippen LogP contribution in [-0.2, 0) is 9.59 Å². The summed E-state index contributed by atoms with van der Waals surface area (Å²) in [6.45, 7) is 2.44. The third-order valence-corrected chi connectivity index (χ3v) is 5.72. The number of amides is 1. The molecule has 0 spiro atoms. The van der Waals surface area contributed by atoms with E-state index >= 15 is 0 Å². The number of carbonyl (C=O) groups excluding carboxylic acids is 2. The van der Waals surface area contributed by atoms with E-state index in [-0.39, 0.29) is 16.8 Å². The monoisotopic (exact) mass is 483 g/mol. The van der Waals surface area contributed by atoms with Gasteiger partial charge in [-0.3, -0.25) is 24.6 Å². The van der Waals surface area contributed by atoms with E-state index in [9.17, 15) is 24.8 Å². The molecular weight excluding hydrogens is 462 g/mol. The molecule has 1 fully saturated rings. The van der Waals surface area contributed by atoms with E-state index in [4.69, 9.17) is 10.00 Å². The number of ether oxygens (including phenoxy) is 1. The number of aliphatic hydroxyl groups is 1. The van der Waals surface area contributed by atoms with Gasteiger partial charge in [0.1, 0.15) is 11.5 Å². The van der Waals surface area contributed by atoms with Gasteiger partial charge in [0.25, 0.3) is 17.4 Å². The summed E-state index contributed by atoms with van der Waals surface area (Å²) >= 11 is 0. The molecule has 1 aliphatic rings. The zero-order chi connectivity index (χ0) is 25.8. The zero-order valence-electron chi connectivity index (χ0n) is 19.2. The fourth-order valence-electron chi connectivity index (χ4n) is 4.00. The first kappa shape index (κ1) is 24.2. The number of rotatable bonds is 7. The van der Waals surface area contributed by atoms with Crippen LogP contribution in [0.2, 0.25) is 0 Å². The van der Waals surface area contributed by atoms with Crippen LogP contribution in [0.5, 0.6) is 5.75 Å². The first-order valence-corrected chi connectivity index (χ1v) is 11.1. The number of Topliss-reactive ketones (excluding diaryl/α,β-unsaturated/α-hetero) is 1. The van der Waals surface area contributed by atoms with Gasteiger partial charge in [-0.25, -0.2) is 0 Å². The molecule has 3 aromatic rings. The molecule has 1 atom stereocenters. The lowest BCUT2D eigenvalue weighted by molar-refractivity contribution is -0.384. The molecule has 180 valence electrons. The van der Waals surface area contributed by atoms with Crippen molar-refractivity contribution in [1.82, 2.24) is 0 Å². The summed E-state index contributed by atoms with van der Waals surface area (Å²) in [5.41, 5.74) is 1.08. The molecule has 0 aliphatic carbocycles. The molecule has 9 nitrogen and oxygen atoms in total. The van der Waals surface area contributed by atoms with Crippen molar-refractivity contribution in [2.45, 2.75) is 19.4 Å². The number of carbonyl (C=O) groups is 2. The van der Waals surface area contributed by atoms with Crippen molar-refractivity contribution < 1.29 is 24.4 Å². The molecule has 0 aromatic heterocycles. The minimum absolute atomic E-state index is 0.154. The molecule has 0 saturated carbocycles. The number of aliphatic hydroxyl groups excluding tert-OH is 1. The van der Waals surface area contributed by atoms with Gasteiger partial charge in [0.2, 0.25) is 0 Å². The van der Waals surface area contributed by atoms with Crippen molar-refractivity contribution in [3.63, 3.8) is 0 Å². The van der Waals surface area contributed by atoms with Crippen molar-refractivity contribution in [3.8, 4) is 11.8 Å². The highest BCUT2D eigenvalue weighted by molar-refractivity contribution is 6.51. The Bertz CT molecular complexity index is 1400. The van der Waals surface area contributed by atoms with Gasteiger partial charge in [-0.2, -0.15) is 5.26 Å². The maximum absolute atomic E-state index is 13.2. The Morgan fingerprint density at radius 1 is 1.11 bits per heavy atom. The molecule has 9 heteroatoms. The quantitative estimate of drug-likeness (QED) is 0.166. The van der Waals surface area contributed by atoms with Gasteiger partial charge in [0.05, 0.1) is 34.8 Å². The third kappa shape index (κ3) is 4.52. The number of hydrogen-bond acceptors (Lipinski definition) is 7. The molecule has 1 amide bonds. The predicted molar refractivity (Wildman–Crippen MR) is 131 cm³/mol. The van der Waals surface area contributed by atoms with Crippen LogP contribution in [0.1, 0.15) is 36.1 Å². The van der Waals surface area contributed by atoms with E-state index in [0.717, 1.165) is 6.42 Å². The second-order valence-electron chi connectivity index (χ2n) is 8.05. The lowest BCUT2D eigenvalue weighted by Crippen LogP contribution is -2.29. The van der Waals surface area contributed by atoms with Crippen LogP contribution in [-0.4, -0.2) is 28.3 Å². The van der Waals surface area contributed by atoms with Gasteiger partial charge >= 0.3 is 0 Å². The molecule has 3 aromatic carbocycles. The Kier molecular flexibility index (Phi) is 6.79. The average molecular weight is 483 g/mol. The Labute approximate surface area is 206 Å². The summed E-state index contributed by atoms with van der Waals surface area (Å²) in [7, 11) is 0. The van der Waals surface area contributed by atoms with E-state index in [2.05, 4.69) is 0 Å². The molecule has 1 N–H and O–H groups in total. The number of nitro groups is 1. The Morgan fingerprint density at radius 2 is 1.81 bits per heavy atom. The first-order valence-electron chi connectivity index (χ1n) is 11.1. The number of nitrogens with zero attached hydrogens (tertiary/aromatic N) is 3. The second-order valence-corrected chi connectivity index (χ2v) is 8.05. The number of nitro benzene ring substituents is 1. The number of anilines is 1. The fourth-order valence-corrected chi connectivity index (χ4v) is 4.00. The summed E-state index contributed by atoms with van der Waals surface area (Å²) in [6, 6.07) is 19.1. The average Bonchev–Trinajstić information content (AvgIpc) is 3.17. The number of nitriles is 1. The molecule has 0 radical (unpaired) electrons. The zero-order valence-corrected chi connectivity index (χ0v) is 19.2. The largest absolute Gasteiger partial charge is 0.507 e. The topological polar surface area (TPSA) is 134 Å². The summed E-state index contributed by atoms with van der Waals surface area (Å²) in [5.74, 6) is -1.67. The van der Waals surface area contributed by atoms with Crippen LogP contribution < -0.4 is 9.64 Å². The van der Waals surface area contributed by atoms with Crippen LogP contribution in [0.25, 0.3) is 5.76 Å². The SMILES string of the molecule is CCCOc1cccc(C2/C(=C(\O)c3ccc([N+](=O)[O-])cc3)C(=O)C(=O)N2c2ccc(C#N)cc2)c1. The summed E-state index contributed by atoms with van der Waals surface area (Å²) in [5, 5.41) is 31.3. The van der Waals surface area contributed by atoms with Gasteiger partial charge in [0, 0.05) is 23.4 Å². The lowest BCUT2D eigenvalue weighted by atomic mass is 9.95. The number of non-ortho nitro benzene ring substituents is 1. The predicted octanol–water partition coefficient (Wildman–Crippen LogP) is 4.88. The maximum Gasteiger partial charge on any atom is 0.300 e. The summed E-state index contributed by atoms with van der Waals surface area (Å²) in [6.07, 6.45) is 0.786. The van der Waals surface area contributed by atoms with Crippen molar-refractivity contribution in [2.24, 2.45) is 0 Å². The molecule has 1 saturated heterocycles. The van der Waals surface area contributed by atoms with Gasteiger partial charge in [0.15, 0.2) is 0 Å². The van der Waals surface area contributed by atoms with Gasteiger partial charge in [-0.05, 0) is 60.5 Å². The molecule has 1 aliphatic heterocycles. The number of ketones is 1. The highest BCUT2D eigenvalue weighted by atomic mass is 16.6. The Hall–Kier alpha value is -4.97. The Balaban J connectivity index is 1.89. The van der Waals surface area contributed by atoms with Crippen LogP contribution in [0, 0.1) is 21.4 Å². The molecule has 36 heavy (non-hydrogen) atoms. The summed E-state index contributed by atoms with van der Waals surface area (Å²) in [4.78, 5) is 38.2.